The Hall–Kier alpha value is -1.56. The fourth-order valence-electron chi connectivity index (χ4n) is 2.05. The number of rotatable bonds is 4. The van der Waals surface area contributed by atoms with Crippen molar-refractivity contribution in [1.29, 1.82) is 0 Å². The first-order valence-corrected chi connectivity index (χ1v) is 7.00. The Bertz CT molecular complexity index is 613. The highest BCUT2D eigenvalue weighted by Gasteiger charge is 2.27. The first-order chi connectivity index (χ1) is 9.13. The highest BCUT2D eigenvalue weighted by Crippen LogP contribution is 2.37. The number of carbonyl (C=O) groups excluding carboxylic acids is 1. The lowest BCUT2D eigenvalue weighted by molar-refractivity contribution is 0.0940. The summed E-state index contributed by atoms with van der Waals surface area (Å²) in [7, 11) is 0. The number of hydrogen-bond donors (Lipinski definition) is 1. The summed E-state index contributed by atoms with van der Waals surface area (Å²) in [6.07, 6.45) is 4.25. The van der Waals surface area contributed by atoms with Crippen LogP contribution in [-0.4, -0.2) is 15.6 Å². The summed E-state index contributed by atoms with van der Waals surface area (Å²) >= 11 is 3.42. The number of nitrogens with zero attached hydrogens (tertiary/aromatic N) is 2. The molecule has 1 fully saturated rings. The number of carbonyl (C=O) groups is 1. The predicted molar refractivity (Wildman–Crippen MR) is 72.8 cm³/mol. The number of nitrogens with one attached hydrogen (secondary N) is 1. The zero-order valence-corrected chi connectivity index (χ0v) is 12.1. The molecule has 19 heavy (non-hydrogen) atoms. The van der Waals surface area contributed by atoms with Crippen LogP contribution in [0.15, 0.2) is 27.3 Å². The Morgan fingerprint density at radius 1 is 1.58 bits per heavy atom. The van der Waals surface area contributed by atoms with Crippen molar-refractivity contribution in [2.75, 3.05) is 0 Å². The third kappa shape index (κ3) is 2.73. The molecule has 0 radical (unpaired) electrons. The van der Waals surface area contributed by atoms with Crippen molar-refractivity contribution in [2.24, 2.45) is 0 Å². The van der Waals surface area contributed by atoms with Crippen molar-refractivity contribution in [3.63, 3.8) is 0 Å². The summed E-state index contributed by atoms with van der Waals surface area (Å²) in [6.45, 7) is 2.21. The fraction of sp³-hybridized carbons (Fsp3) is 0.385. The molecule has 6 heteroatoms. The van der Waals surface area contributed by atoms with Crippen molar-refractivity contribution < 1.29 is 9.32 Å². The molecule has 1 aliphatic rings. The van der Waals surface area contributed by atoms with E-state index in [1.165, 1.54) is 0 Å². The highest BCUT2D eigenvalue weighted by atomic mass is 79.9. The SMILES string of the molecule is Cc1cc(CNC(=O)c2cc(Br)cn2C2CC2)no1. The van der Waals surface area contributed by atoms with E-state index in [0.29, 0.717) is 18.3 Å². The minimum atomic E-state index is -0.0850. The molecule has 0 aromatic carbocycles. The van der Waals surface area contributed by atoms with Gasteiger partial charge in [0.15, 0.2) is 0 Å². The maximum Gasteiger partial charge on any atom is 0.268 e. The van der Waals surface area contributed by atoms with Crippen LogP contribution in [0.4, 0.5) is 0 Å². The fourth-order valence-corrected chi connectivity index (χ4v) is 2.48. The largest absolute Gasteiger partial charge is 0.361 e. The van der Waals surface area contributed by atoms with Gasteiger partial charge in [-0.3, -0.25) is 4.79 Å². The second-order valence-corrected chi connectivity index (χ2v) is 5.71. The van der Waals surface area contributed by atoms with Crippen LogP contribution in [0.25, 0.3) is 0 Å². The molecule has 5 nitrogen and oxygen atoms in total. The van der Waals surface area contributed by atoms with Crippen molar-refractivity contribution in [3.8, 4) is 0 Å². The maximum absolute atomic E-state index is 12.2. The molecule has 0 saturated heterocycles. The van der Waals surface area contributed by atoms with Gasteiger partial charge in [-0.05, 0) is 41.8 Å². The number of amides is 1. The lowest BCUT2D eigenvalue weighted by Gasteiger charge is -2.07. The molecule has 1 amide bonds. The van der Waals surface area contributed by atoms with Crippen LogP contribution in [0.5, 0.6) is 0 Å². The Morgan fingerprint density at radius 3 is 3.00 bits per heavy atom. The van der Waals surface area contributed by atoms with E-state index < -0.39 is 0 Å². The van der Waals surface area contributed by atoms with Gasteiger partial charge in [0.25, 0.3) is 5.91 Å². The van der Waals surface area contributed by atoms with E-state index in [0.717, 1.165) is 28.8 Å². The van der Waals surface area contributed by atoms with Crippen molar-refractivity contribution in [1.82, 2.24) is 15.0 Å². The van der Waals surface area contributed by atoms with Gasteiger partial charge in [-0.1, -0.05) is 5.16 Å². The molecule has 0 unspecified atom stereocenters. The predicted octanol–water partition coefficient (Wildman–Crippen LogP) is 2.81. The molecular formula is C13H14BrN3O2. The Labute approximate surface area is 119 Å². The Kier molecular flexibility index (Phi) is 3.18. The van der Waals surface area contributed by atoms with Gasteiger partial charge in [0, 0.05) is 22.8 Å². The molecule has 1 N–H and O–H groups in total. The number of hydrogen-bond acceptors (Lipinski definition) is 3. The lowest BCUT2D eigenvalue weighted by atomic mass is 10.3. The standard InChI is InChI=1S/C13H14BrN3O2/c1-8-4-10(16-19-8)6-15-13(18)12-5-9(14)7-17(12)11-2-3-11/h4-5,7,11H,2-3,6H2,1H3,(H,15,18). The van der Waals surface area contributed by atoms with Crippen molar-refractivity contribution >= 4 is 21.8 Å². The van der Waals surface area contributed by atoms with Crippen LogP contribution in [0.3, 0.4) is 0 Å². The first kappa shape index (κ1) is 12.5. The maximum atomic E-state index is 12.2. The van der Waals surface area contributed by atoms with Crippen molar-refractivity contribution in [2.45, 2.75) is 32.4 Å². The second-order valence-electron chi connectivity index (χ2n) is 4.79. The van der Waals surface area contributed by atoms with Crippen LogP contribution in [0.1, 0.15) is 40.8 Å². The molecule has 0 aliphatic heterocycles. The summed E-state index contributed by atoms with van der Waals surface area (Å²) in [5.74, 6) is 0.659. The van der Waals surface area contributed by atoms with Crippen LogP contribution < -0.4 is 5.32 Å². The number of aryl methyl sites for hydroxylation is 1. The van der Waals surface area contributed by atoms with Gasteiger partial charge < -0.3 is 14.4 Å². The molecule has 2 aromatic heterocycles. The quantitative estimate of drug-likeness (QED) is 0.941. The smallest absolute Gasteiger partial charge is 0.268 e. The highest BCUT2D eigenvalue weighted by molar-refractivity contribution is 9.10. The monoisotopic (exact) mass is 323 g/mol. The van der Waals surface area contributed by atoms with Gasteiger partial charge in [0.1, 0.15) is 17.1 Å². The van der Waals surface area contributed by atoms with Crippen LogP contribution in [0.2, 0.25) is 0 Å². The Balaban J connectivity index is 1.70. The summed E-state index contributed by atoms with van der Waals surface area (Å²) in [5, 5.41) is 6.71. The van der Waals surface area contributed by atoms with Gasteiger partial charge in [0.2, 0.25) is 0 Å². The average molecular weight is 324 g/mol. The number of aromatic nitrogens is 2. The van der Waals surface area contributed by atoms with E-state index in [-0.39, 0.29) is 5.91 Å². The van der Waals surface area contributed by atoms with Crippen LogP contribution >= 0.6 is 15.9 Å². The molecule has 1 saturated carbocycles. The van der Waals surface area contributed by atoms with Gasteiger partial charge in [0.05, 0.1) is 6.54 Å². The molecular weight excluding hydrogens is 310 g/mol. The summed E-state index contributed by atoms with van der Waals surface area (Å²) < 4.78 is 7.93. The van der Waals surface area contributed by atoms with Crippen molar-refractivity contribution in [3.05, 3.63) is 40.0 Å². The zero-order chi connectivity index (χ0) is 13.4. The second kappa shape index (κ2) is 4.85. The third-order valence-corrected chi connectivity index (χ3v) is 3.53. The normalized spacial score (nSPS) is 14.6. The molecule has 1 aliphatic carbocycles. The Morgan fingerprint density at radius 2 is 2.37 bits per heavy atom. The summed E-state index contributed by atoms with van der Waals surface area (Å²) in [6, 6.07) is 4.14. The third-order valence-electron chi connectivity index (χ3n) is 3.09. The van der Waals surface area contributed by atoms with E-state index in [9.17, 15) is 4.79 Å². The molecule has 100 valence electrons. The molecule has 2 heterocycles. The van der Waals surface area contributed by atoms with Gasteiger partial charge in [-0.2, -0.15) is 0 Å². The van der Waals surface area contributed by atoms with Gasteiger partial charge in [-0.25, -0.2) is 0 Å². The molecule has 0 spiro atoms. The van der Waals surface area contributed by atoms with E-state index >= 15 is 0 Å². The van der Waals surface area contributed by atoms with E-state index in [2.05, 4.69) is 26.4 Å². The van der Waals surface area contributed by atoms with E-state index in [4.69, 9.17) is 4.52 Å². The summed E-state index contributed by atoms with van der Waals surface area (Å²) in [4.78, 5) is 12.2. The minimum absolute atomic E-state index is 0.0850. The average Bonchev–Trinajstić information content (AvgIpc) is 3.03. The molecule has 3 rings (SSSR count). The molecule has 0 atom stereocenters. The van der Waals surface area contributed by atoms with Gasteiger partial charge in [-0.15, -0.1) is 0 Å². The molecule has 0 bridgehead atoms. The number of halogens is 1. The minimum Gasteiger partial charge on any atom is -0.361 e. The van der Waals surface area contributed by atoms with E-state index in [1.807, 2.05) is 29.8 Å². The van der Waals surface area contributed by atoms with Crippen LogP contribution in [0, 0.1) is 6.92 Å². The molecule has 2 aromatic rings. The summed E-state index contributed by atoms with van der Waals surface area (Å²) in [5.41, 5.74) is 1.42. The first-order valence-electron chi connectivity index (χ1n) is 6.21. The topological polar surface area (TPSA) is 60.1 Å². The van der Waals surface area contributed by atoms with Crippen LogP contribution in [-0.2, 0) is 6.54 Å². The van der Waals surface area contributed by atoms with Gasteiger partial charge >= 0.3 is 0 Å². The lowest BCUT2D eigenvalue weighted by Crippen LogP contribution is -2.25. The zero-order valence-electron chi connectivity index (χ0n) is 10.5. The van der Waals surface area contributed by atoms with E-state index in [1.54, 1.807) is 0 Å².